The second-order valence-corrected chi connectivity index (χ2v) is 5.85. The van der Waals surface area contributed by atoms with Crippen LogP contribution in [0.4, 0.5) is 18.9 Å². The first-order valence-corrected chi connectivity index (χ1v) is 6.88. The molecule has 1 aliphatic carbocycles. The van der Waals surface area contributed by atoms with Crippen molar-refractivity contribution in [2.75, 3.05) is 5.73 Å². The maximum atomic E-state index is 12.7. The fraction of sp³-hybridized carbons (Fsp3) is 0.308. The van der Waals surface area contributed by atoms with E-state index in [4.69, 9.17) is 5.73 Å². The number of thiophene rings is 1. The first kappa shape index (κ1) is 13.2. The van der Waals surface area contributed by atoms with Crippen molar-refractivity contribution in [1.82, 2.24) is 5.32 Å². The van der Waals surface area contributed by atoms with Crippen LogP contribution in [0.3, 0.4) is 0 Å². The normalized spacial score (nSPS) is 15.6. The SMILES string of the molecule is Nc1c(C(=O)NC2CC2)sc2ccc(C(F)(F)F)cc12. The third-order valence-electron chi connectivity index (χ3n) is 3.17. The van der Waals surface area contributed by atoms with Crippen molar-refractivity contribution < 1.29 is 18.0 Å². The van der Waals surface area contributed by atoms with Gasteiger partial charge in [0.15, 0.2) is 0 Å². The van der Waals surface area contributed by atoms with Gasteiger partial charge in [-0.25, -0.2) is 0 Å². The van der Waals surface area contributed by atoms with E-state index >= 15 is 0 Å². The third kappa shape index (κ3) is 2.33. The van der Waals surface area contributed by atoms with E-state index in [1.165, 1.54) is 6.07 Å². The maximum absolute atomic E-state index is 12.7. The molecule has 0 saturated heterocycles. The molecule has 0 spiro atoms. The third-order valence-corrected chi connectivity index (χ3v) is 4.36. The Morgan fingerprint density at radius 2 is 2.05 bits per heavy atom. The number of nitrogens with one attached hydrogen (secondary N) is 1. The average molecular weight is 300 g/mol. The largest absolute Gasteiger partial charge is 0.416 e. The van der Waals surface area contributed by atoms with Gasteiger partial charge < -0.3 is 11.1 Å². The van der Waals surface area contributed by atoms with E-state index in [0.29, 0.717) is 4.70 Å². The van der Waals surface area contributed by atoms with Gasteiger partial charge in [-0.3, -0.25) is 4.79 Å². The minimum Gasteiger partial charge on any atom is -0.397 e. The Hall–Kier alpha value is -1.76. The molecule has 1 amide bonds. The Morgan fingerprint density at radius 1 is 1.35 bits per heavy atom. The van der Waals surface area contributed by atoms with Crippen molar-refractivity contribution in [1.29, 1.82) is 0 Å². The lowest BCUT2D eigenvalue weighted by atomic mass is 10.1. The van der Waals surface area contributed by atoms with Gasteiger partial charge in [-0.05, 0) is 31.0 Å². The number of hydrogen-bond donors (Lipinski definition) is 2. The summed E-state index contributed by atoms with van der Waals surface area (Å²) in [6, 6.07) is 3.53. The van der Waals surface area contributed by atoms with Crippen LogP contribution in [-0.2, 0) is 6.18 Å². The van der Waals surface area contributed by atoms with E-state index in [-0.39, 0.29) is 27.9 Å². The van der Waals surface area contributed by atoms with Gasteiger partial charge in [0.1, 0.15) is 4.88 Å². The highest BCUT2D eigenvalue weighted by Crippen LogP contribution is 2.38. The monoisotopic (exact) mass is 300 g/mol. The second-order valence-electron chi connectivity index (χ2n) is 4.80. The molecule has 1 aromatic heterocycles. The van der Waals surface area contributed by atoms with Gasteiger partial charge in [0.2, 0.25) is 0 Å². The van der Waals surface area contributed by atoms with Crippen LogP contribution in [0.1, 0.15) is 28.1 Å². The number of alkyl halides is 3. The van der Waals surface area contributed by atoms with E-state index in [1.54, 1.807) is 0 Å². The van der Waals surface area contributed by atoms with Gasteiger partial charge in [-0.15, -0.1) is 11.3 Å². The summed E-state index contributed by atoms with van der Waals surface area (Å²) in [5.41, 5.74) is 5.19. The molecule has 0 radical (unpaired) electrons. The Balaban J connectivity index is 2.03. The number of benzene rings is 1. The molecule has 3 N–H and O–H groups in total. The molecule has 0 aliphatic heterocycles. The number of amides is 1. The molecule has 1 fully saturated rings. The highest BCUT2D eigenvalue weighted by atomic mass is 32.1. The number of halogens is 3. The smallest absolute Gasteiger partial charge is 0.397 e. The van der Waals surface area contributed by atoms with Crippen LogP contribution in [0.2, 0.25) is 0 Å². The molecule has 106 valence electrons. The van der Waals surface area contributed by atoms with E-state index < -0.39 is 11.7 Å². The van der Waals surface area contributed by atoms with Crippen LogP contribution >= 0.6 is 11.3 Å². The summed E-state index contributed by atoms with van der Waals surface area (Å²) in [4.78, 5) is 12.2. The molecular formula is C13H11F3N2OS. The fourth-order valence-corrected chi connectivity index (χ4v) is 2.95. The summed E-state index contributed by atoms with van der Waals surface area (Å²) in [7, 11) is 0. The first-order chi connectivity index (χ1) is 9.36. The van der Waals surface area contributed by atoms with Crippen molar-refractivity contribution in [2.24, 2.45) is 0 Å². The van der Waals surface area contributed by atoms with Gasteiger partial charge in [0.25, 0.3) is 5.91 Å². The molecule has 1 saturated carbocycles. The number of carbonyl (C=O) groups excluding carboxylic acids is 1. The Morgan fingerprint density at radius 3 is 2.65 bits per heavy atom. The van der Waals surface area contributed by atoms with Crippen molar-refractivity contribution in [2.45, 2.75) is 25.1 Å². The molecule has 0 atom stereocenters. The lowest BCUT2D eigenvalue weighted by Gasteiger charge is -2.06. The van der Waals surface area contributed by atoms with Gasteiger partial charge in [0.05, 0.1) is 11.3 Å². The topological polar surface area (TPSA) is 55.1 Å². The van der Waals surface area contributed by atoms with Crippen molar-refractivity contribution in [3.63, 3.8) is 0 Å². The molecule has 1 aromatic carbocycles. The summed E-state index contributed by atoms with van der Waals surface area (Å²) < 4.78 is 38.6. The highest BCUT2D eigenvalue weighted by Gasteiger charge is 2.31. The van der Waals surface area contributed by atoms with Crippen LogP contribution in [0.25, 0.3) is 10.1 Å². The highest BCUT2D eigenvalue weighted by molar-refractivity contribution is 7.21. The number of nitrogen functional groups attached to an aromatic ring is 1. The molecule has 0 unspecified atom stereocenters. The van der Waals surface area contributed by atoms with Gasteiger partial charge in [-0.2, -0.15) is 13.2 Å². The molecule has 3 rings (SSSR count). The maximum Gasteiger partial charge on any atom is 0.416 e. The lowest BCUT2D eigenvalue weighted by molar-refractivity contribution is -0.137. The molecule has 3 nitrogen and oxygen atoms in total. The zero-order valence-corrected chi connectivity index (χ0v) is 11.1. The van der Waals surface area contributed by atoms with E-state index in [1.807, 2.05) is 0 Å². The Labute approximate surface area is 116 Å². The summed E-state index contributed by atoms with van der Waals surface area (Å²) in [6.45, 7) is 0. The number of fused-ring (bicyclic) bond motifs is 1. The standard InChI is InChI=1S/C13H11F3N2OS/c14-13(15,16)6-1-4-9-8(5-6)10(17)11(20-9)12(19)18-7-2-3-7/h1,4-5,7H,2-3,17H2,(H,18,19). The van der Waals surface area contributed by atoms with Crippen molar-refractivity contribution in [3.05, 3.63) is 28.6 Å². The van der Waals surface area contributed by atoms with E-state index in [2.05, 4.69) is 5.32 Å². The summed E-state index contributed by atoms with van der Waals surface area (Å²) in [6.07, 6.45) is -2.54. The number of rotatable bonds is 2. The molecule has 0 bridgehead atoms. The summed E-state index contributed by atoms with van der Waals surface area (Å²) >= 11 is 1.12. The quantitative estimate of drug-likeness (QED) is 0.893. The first-order valence-electron chi connectivity index (χ1n) is 6.06. The molecular weight excluding hydrogens is 289 g/mol. The number of carbonyl (C=O) groups is 1. The predicted molar refractivity (Wildman–Crippen MR) is 71.7 cm³/mol. The van der Waals surface area contributed by atoms with E-state index in [9.17, 15) is 18.0 Å². The zero-order chi connectivity index (χ0) is 14.5. The summed E-state index contributed by atoms with van der Waals surface area (Å²) in [5.74, 6) is -0.306. The van der Waals surface area contributed by atoms with Crippen molar-refractivity contribution >= 4 is 33.0 Å². The van der Waals surface area contributed by atoms with Crippen LogP contribution in [0.15, 0.2) is 18.2 Å². The number of anilines is 1. The van der Waals surface area contributed by atoms with Gasteiger partial charge in [-0.1, -0.05) is 0 Å². The van der Waals surface area contributed by atoms with Crippen LogP contribution < -0.4 is 11.1 Å². The molecule has 1 aliphatic rings. The van der Waals surface area contributed by atoms with Crippen molar-refractivity contribution in [3.8, 4) is 0 Å². The van der Waals surface area contributed by atoms with Crippen LogP contribution in [-0.4, -0.2) is 11.9 Å². The minimum atomic E-state index is -4.42. The average Bonchev–Trinajstić information content (AvgIpc) is 3.11. The van der Waals surface area contributed by atoms with Gasteiger partial charge in [0, 0.05) is 16.1 Å². The molecule has 7 heteroatoms. The van der Waals surface area contributed by atoms with E-state index in [0.717, 1.165) is 36.3 Å². The number of nitrogens with two attached hydrogens (primary N) is 1. The molecule has 1 heterocycles. The van der Waals surface area contributed by atoms with Crippen LogP contribution in [0, 0.1) is 0 Å². The predicted octanol–water partition coefficient (Wildman–Crippen LogP) is 3.39. The Kier molecular flexibility index (Phi) is 2.89. The molecule has 2 aromatic rings. The van der Waals surface area contributed by atoms with Gasteiger partial charge >= 0.3 is 6.18 Å². The summed E-state index contributed by atoms with van der Waals surface area (Å²) in [5, 5.41) is 3.07. The van der Waals surface area contributed by atoms with Crippen LogP contribution in [0.5, 0.6) is 0 Å². The Bertz CT molecular complexity index is 689. The minimum absolute atomic E-state index is 0.120. The fourth-order valence-electron chi connectivity index (χ4n) is 1.94. The number of hydrogen-bond acceptors (Lipinski definition) is 3. The zero-order valence-electron chi connectivity index (χ0n) is 10.3. The molecule has 20 heavy (non-hydrogen) atoms. The lowest BCUT2D eigenvalue weighted by Crippen LogP contribution is -2.25. The second kappa shape index (κ2) is 4.37.